The summed E-state index contributed by atoms with van der Waals surface area (Å²) in [5.41, 5.74) is 11.5. The summed E-state index contributed by atoms with van der Waals surface area (Å²) in [6.07, 6.45) is 0. The van der Waals surface area contributed by atoms with Gasteiger partial charge in [-0.25, -0.2) is 4.99 Å². The number of carbonyl (C=O) groups excluding carboxylic acids is 1. The van der Waals surface area contributed by atoms with Gasteiger partial charge in [-0.2, -0.15) is 28.8 Å². The van der Waals surface area contributed by atoms with E-state index >= 15 is 0 Å². The predicted molar refractivity (Wildman–Crippen MR) is 169 cm³/mol. The lowest BCUT2D eigenvalue weighted by Crippen LogP contribution is -2.29. The number of azo groups is 1. The largest absolute Gasteiger partial charge is 0.369 e. The summed E-state index contributed by atoms with van der Waals surface area (Å²) in [5.74, 6) is 0.0839. The highest BCUT2D eigenvalue weighted by atomic mass is 32.2. The molecule has 1 atom stereocenters. The van der Waals surface area contributed by atoms with Crippen molar-refractivity contribution in [3.05, 3.63) is 114 Å². The van der Waals surface area contributed by atoms with Crippen LogP contribution in [0.3, 0.4) is 0 Å². The fourth-order valence-electron chi connectivity index (χ4n) is 3.95. The van der Waals surface area contributed by atoms with Crippen LogP contribution in [0.15, 0.2) is 128 Å². The lowest BCUT2D eigenvalue weighted by molar-refractivity contribution is -0.117. The number of guanidine groups is 1. The molecule has 43 heavy (non-hydrogen) atoms. The molecule has 0 aromatic heterocycles. The van der Waals surface area contributed by atoms with Crippen LogP contribution < -0.4 is 16.1 Å². The first-order valence-electron chi connectivity index (χ1n) is 13.2. The van der Waals surface area contributed by atoms with E-state index in [9.17, 15) is 13.2 Å². The van der Waals surface area contributed by atoms with E-state index in [0.717, 1.165) is 22.5 Å². The molecule has 5 rings (SSSR count). The number of nitrogens with two attached hydrogens (primary N) is 1. The standard InChI is InChI=1S/C16H14N4O4S.C15H17N3/c1-11-15(16(21)20(19-11)13-5-3-2-4-6-13)18-17-12-7-9-14(10-8-12)25(22,23)24;1-11-7-3-5-9-13(11)17-15(16)18-14-10-6-4-8-12(14)2/h2-10,15H,1H3,(H,22,23,24);3-10H,1-2H3,(H3,16,17,18). The number of carbonyl (C=O) groups is 1. The number of nitrogens with one attached hydrogen (secondary N) is 1. The molecule has 0 saturated carbocycles. The quantitative estimate of drug-likeness (QED) is 0.104. The molecule has 4 N–H and O–H groups in total. The number of rotatable bonds is 6. The van der Waals surface area contributed by atoms with Crippen LogP contribution in [-0.2, 0) is 14.9 Å². The molecule has 0 radical (unpaired) electrons. The molecule has 1 aliphatic rings. The molecule has 0 aliphatic carbocycles. The van der Waals surface area contributed by atoms with Gasteiger partial charge in [-0.15, -0.1) is 0 Å². The van der Waals surface area contributed by atoms with Crippen molar-refractivity contribution in [3.63, 3.8) is 0 Å². The smallest absolute Gasteiger partial charge is 0.294 e. The minimum absolute atomic E-state index is 0.239. The minimum Gasteiger partial charge on any atom is -0.369 e. The fraction of sp³-hybridized carbons (Fsp3) is 0.129. The van der Waals surface area contributed by atoms with E-state index in [-0.39, 0.29) is 10.8 Å². The fourth-order valence-corrected chi connectivity index (χ4v) is 4.43. The number of anilines is 2. The van der Waals surface area contributed by atoms with Crippen LogP contribution in [0.1, 0.15) is 18.1 Å². The number of hydrogen-bond acceptors (Lipinski definition) is 7. The van der Waals surface area contributed by atoms with Gasteiger partial charge in [-0.3, -0.25) is 9.35 Å². The van der Waals surface area contributed by atoms with E-state index in [4.69, 9.17) is 10.3 Å². The van der Waals surface area contributed by atoms with Crippen molar-refractivity contribution in [2.24, 2.45) is 26.1 Å². The summed E-state index contributed by atoms with van der Waals surface area (Å²) in [5, 5.41) is 16.6. The van der Waals surface area contributed by atoms with Gasteiger partial charge in [0, 0.05) is 5.69 Å². The first-order valence-corrected chi connectivity index (χ1v) is 14.6. The lowest BCUT2D eigenvalue weighted by Gasteiger charge is -2.11. The number of hydrogen-bond donors (Lipinski definition) is 3. The molecule has 0 fully saturated rings. The number of nitrogens with zero attached hydrogens (tertiary/aromatic N) is 5. The van der Waals surface area contributed by atoms with Crippen LogP contribution in [0, 0.1) is 13.8 Å². The van der Waals surface area contributed by atoms with Crippen LogP contribution in [-0.4, -0.2) is 36.6 Å². The maximum atomic E-state index is 12.5. The predicted octanol–water partition coefficient (Wildman–Crippen LogP) is 6.17. The molecule has 1 aliphatic heterocycles. The monoisotopic (exact) mass is 597 g/mol. The third-order valence-corrected chi connectivity index (χ3v) is 7.15. The number of hydrazone groups is 1. The zero-order valence-corrected chi connectivity index (χ0v) is 24.6. The summed E-state index contributed by atoms with van der Waals surface area (Å²) < 4.78 is 30.9. The van der Waals surface area contributed by atoms with Crippen molar-refractivity contribution < 1.29 is 17.8 Å². The Hall–Kier alpha value is -5.20. The van der Waals surface area contributed by atoms with Gasteiger partial charge in [-0.1, -0.05) is 54.6 Å². The molecular weight excluding hydrogens is 566 g/mol. The van der Waals surface area contributed by atoms with E-state index in [0.29, 0.717) is 23.0 Å². The van der Waals surface area contributed by atoms with Gasteiger partial charge in [0.15, 0.2) is 12.0 Å². The average Bonchev–Trinajstić information content (AvgIpc) is 3.27. The number of para-hydroxylation sites is 3. The Morgan fingerprint density at radius 2 is 1.47 bits per heavy atom. The number of amides is 1. The molecule has 4 aromatic rings. The highest BCUT2D eigenvalue weighted by Crippen LogP contribution is 2.24. The maximum absolute atomic E-state index is 12.5. The highest BCUT2D eigenvalue weighted by Gasteiger charge is 2.34. The van der Waals surface area contributed by atoms with Crippen LogP contribution in [0.5, 0.6) is 0 Å². The number of benzene rings is 4. The van der Waals surface area contributed by atoms with Crippen molar-refractivity contribution >= 4 is 50.4 Å². The van der Waals surface area contributed by atoms with Crippen LogP contribution >= 0.6 is 0 Å². The minimum atomic E-state index is -4.26. The summed E-state index contributed by atoms with van der Waals surface area (Å²) in [6, 6.07) is 29.2. The zero-order valence-electron chi connectivity index (χ0n) is 23.8. The van der Waals surface area contributed by atoms with Gasteiger partial charge in [0.25, 0.3) is 16.0 Å². The Kier molecular flexibility index (Phi) is 9.76. The second-order valence-corrected chi connectivity index (χ2v) is 11.0. The Balaban J connectivity index is 0.000000208. The second kappa shape index (κ2) is 13.6. The molecule has 0 bridgehead atoms. The van der Waals surface area contributed by atoms with E-state index < -0.39 is 16.2 Å². The summed E-state index contributed by atoms with van der Waals surface area (Å²) in [7, 11) is -4.26. The Bertz CT molecular complexity index is 1790. The molecule has 1 heterocycles. The average molecular weight is 598 g/mol. The van der Waals surface area contributed by atoms with Gasteiger partial charge in [-0.05, 0) is 80.4 Å². The van der Waals surface area contributed by atoms with Crippen LogP contribution in [0.25, 0.3) is 0 Å². The zero-order chi connectivity index (χ0) is 31.0. The molecule has 220 valence electrons. The summed E-state index contributed by atoms with van der Waals surface area (Å²) in [6.45, 7) is 5.73. The van der Waals surface area contributed by atoms with Crippen LogP contribution in [0.2, 0.25) is 0 Å². The molecule has 0 saturated heterocycles. The number of aliphatic imine (C=N–C) groups is 1. The van der Waals surface area contributed by atoms with Crippen molar-refractivity contribution in [3.8, 4) is 0 Å². The molecule has 4 aromatic carbocycles. The SMILES string of the molecule is CC1=NN(c2ccccc2)C(=O)C1N=Nc1ccc(S(=O)(=O)O)cc1.Cc1ccccc1N=C(N)Nc1ccccc1C. The van der Waals surface area contributed by atoms with Gasteiger partial charge < -0.3 is 11.1 Å². The summed E-state index contributed by atoms with van der Waals surface area (Å²) >= 11 is 0. The maximum Gasteiger partial charge on any atom is 0.294 e. The van der Waals surface area contributed by atoms with Crippen molar-refractivity contribution in [1.29, 1.82) is 0 Å². The van der Waals surface area contributed by atoms with Crippen molar-refractivity contribution in [2.45, 2.75) is 31.7 Å². The lowest BCUT2D eigenvalue weighted by atomic mass is 10.2. The first kappa shape index (κ1) is 30.8. The molecule has 12 heteroatoms. The third-order valence-electron chi connectivity index (χ3n) is 6.28. The van der Waals surface area contributed by atoms with E-state index in [2.05, 4.69) is 25.6 Å². The molecule has 1 amide bonds. The molecular formula is C31H31N7O4S. The number of aryl methyl sites for hydroxylation is 2. The van der Waals surface area contributed by atoms with Crippen molar-refractivity contribution in [1.82, 2.24) is 0 Å². The molecule has 11 nitrogen and oxygen atoms in total. The van der Waals surface area contributed by atoms with Gasteiger partial charge in [0.1, 0.15) is 0 Å². The topological polar surface area (TPSA) is 162 Å². The van der Waals surface area contributed by atoms with Crippen molar-refractivity contribution in [2.75, 3.05) is 10.3 Å². The Morgan fingerprint density at radius 1 is 0.860 bits per heavy atom. The molecule has 0 spiro atoms. The van der Waals surface area contributed by atoms with Gasteiger partial charge >= 0.3 is 0 Å². The second-order valence-electron chi connectivity index (χ2n) is 9.54. The third kappa shape index (κ3) is 8.18. The normalized spacial score (nSPS) is 15.2. The van der Waals surface area contributed by atoms with Gasteiger partial charge in [0.2, 0.25) is 0 Å². The van der Waals surface area contributed by atoms with E-state index in [1.54, 1.807) is 31.2 Å². The molecule has 1 unspecified atom stereocenters. The Morgan fingerprint density at radius 3 is 2.09 bits per heavy atom. The van der Waals surface area contributed by atoms with E-state index in [1.165, 1.54) is 29.3 Å². The van der Waals surface area contributed by atoms with Gasteiger partial charge in [0.05, 0.1) is 27.7 Å². The summed E-state index contributed by atoms with van der Waals surface area (Å²) in [4.78, 5) is 16.6. The van der Waals surface area contributed by atoms with Crippen LogP contribution in [0.4, 0.5) is 22.7 Å². The van der Waals surface area contributed by atoms with E-state index in [1.807, 2.05) is 68.4 Å². The highest BCUT2D eigenvalue weighted by molar-refractivity contribution is 7.85. The first-order chi connectivity index (χ1) is 20.5. The Labute approximate surface area is 250 Å².